The molecule has 1 aromatic carbocycles. The highest BCUT2D eigenvalue weighted by Crippen LogP contribution is 2.23. The molecule has 0 saturated heterocycles. The topological polar surface area (TPSA) is 72.1 Å². The Labute approximate surface area is 147 Å². The number of aromatic nitrogens is 2. The SMILES string of the molecule is C[C@H](NC(=O)CN[C@@H](C)[C@@H](C)n1cccn1)c1cc2ccccc2o1. The summed E-state index contributed by atoms with van der Waals surface area (Å²) in [4.78, 5) is 12.2. The molecule has 0 spiro atoms. The summed E-state index contributed by atoms with van der Waals surface area (Å²) in [5.74, 6) is 0.694. The fourth-order valence-corrected chi connectivity index (χ4v) is 2.75. The molecule has 6 heteroatoms. The van der Waals surface area contributed by atoms with Gasteiger partial charge in [0.15, 0.2) is 0 Å². The first-order valence-electron chi connectivity index (χ1n) is 8.55. The van der Waals surface area contributed by atoms with Gasteiger partial charge in [0.2, 0.25) is 5.91 Å². The minimum absolute atomic E-state index is 0.0625. The van der Waals surface area contributed by atoms with Gasteiger partial charge in [-0.3, -0.25) is 9.48 Å². The van der Waals surface area contributed by atoms with Crippen molar-refractivity contribution in [1.82, 2.24) is 20.4 Å². The van der Waals surface area contributed by atoms with Gasteiger partial charge < -0.3 is 15.1 Å². The van der Waals surface area contributed by atoms with Gasteiger partial charge in [-0.05, 0) is 39.0 Å². The summed E-state index contributed by atoms with van der Waals surface area (Å²) in [5.41, 5.74) is 0.832. The predicted octanol–water partition coefficient (Wildman–Crippen LogP) is 3.05. The number of para-hydroxylation sites is 1. The Morgan fingerprint density at radius 1 is 1.24 bits per heavy atom. The van der Waals surface area contributed by atoms with Crippen molar-refractivity contribution in [3.63, 3.8) is 0 Å². The van der Waals surface area contributed by atoms with E-state index in [1.54, 1.807) is 6.20 Å². The van der Waals surface area contributed by atoms with Crippen molar-refractivity contribution in [3.05, 3.63) is 54.6 Å². The first kappa shape index (κ1) is 17.2. The Morgan fingerprint density at radius 3 is 2.76 bits per heavy atom. The van der Waals surface area contributed by atoms with Crippen LogP contribution in [0.1, 0.15) is 38.6 Å². The van der Waals surface area contributed by atoms with Crippen molar-refractivity contribution in [3.8, 4) is 0 Å². The van der Waals surface area contributed by atoms with E-state index in [-0.39, 0.29) is 30.6 Å². The summed E-state index contributed by atoms with van der Waals surface area (Å²) in [6, 6.07) is 11.8. The summed E-state index contributed by atoms with van der Waals surface area (Å²) in [7, 11) is 0. The minimum atomic E-state index is -0.180. The molecule has 3 aromatic rings. The number of nitrogens with zero attached hydrogens (tertiary/aromatic N) is 2. The fraction of sp³-hybridized carbons (Fsp3) is 0.368. The largest absolute Gasteiger partial charge is 0.459 e. The molecule has 0 fully saturated rings. The van der Waals surface area contributed by atoms with E-state index in [0.717, 1.165) is 16.7 Å². The summed E-state index contributed by atoms with van der Waals surface area (Å²) in [5, 5.41) is 11.5. The molecule has 2 N–H and O–H groups in total. The molecule has 0 aliphatic heterocycles. The molecule has 3 atom stereocenters. The van der Waals surface area contributed by atoms with E-state index in [0.29, 0.717) is 0 Å². The normalized spacial score (nSPS) is 15.0. The molecule has 0 saturated carbocycles. The molecule has 0 radical (unpaired) electrons. The molecular weight excluding hydrogens is 316 g/mol. The number of carbonyl (C=O) groups excluding carboxylic acids is 1. The Morgan fingerprint density at radius 2 is 2.04 bits per heavy atom. The van der Waals surface area contributed by atoms with Crippen molar-refractivity contribution in [2.24, 2.45) is 0 Å². The van der Waals surface area contributed by atoms with E-state index in [2.05, 4.69) is 22.7 Å². The lowest BCUT2D eigenvalue weighted by Gasteiger charge is -2.22. The number of furan rings is 1. The van der Waals surface area contributed by atoms with Crippen molar-refractivity contribution < 1.29 is 9.21 Å². The zero-order chi connectivity index (χ0) is 17.8. The summed E-state index contributed by atoms with van der Waals surface area (Å²) in [6.07, 6.45) is 3.68. The third-order valence-corrected chi connectivity index (χ3v) is 4.50. The Hall–Kier alpha value is -2.60. The molecule has 0 unspecified atom stereocenters. The van der Waals surface area contributed by atoms with Crippen molar-refractivity contribution >= 4 is 16.9 Å². The van der Waals surface area contributed by atoms with E-state index in [9.17, 15) is 4.79 Å². The monoisotopic (exact) mass is 340 g/mol. The Kier molecular flexibility index (Phi) is 5.19. The first-order chi connectivity index (χ1) is 12.0. The van der Waals surface area contributed by atoms with Crippen LogP contribution < -0.4 is 10.6 Å². The number of rotatable bonds is 7. The fourth-order valence-electron chi connectivity index (χ4n) is 2.75. The standard InChI is InChI=1S/C19H24N4O2/c1-13(15(3)23-10-6-9-21-23)20-12-19(24)22-14(2)18-11-16-7-4-5-8-17(16)25-18/h4-11,13-15,20H,12H2,1-3H3,(H,22,24)/t13-,14-,15+/m0/s1. The van der Waals surface area contributed by atoms with Crippen LogP contribution in [0.25, 0.3) is 11.0 Å². The maximum Gasteiger partial charge on any atom is 0.234 e. The second kappa shape index (κ2) is 7.53. The van der Waals surface area contributed by atoms with Gasteiger partial charge in [0.1, 0.15) is 11.3 Å². The van der Waals surface area contributed by atoms with E-state index in [4.69, 9.17) is 4.42 Å². The summed E-state index contributed by atoms with van der Waals surface area (Å²) in [6.45, 7) is 6.28. The second-order valence-electron chi connectivity index (χ2n) is 6.37. The van der Waals surface area contributed by atoms with Crippen LogP contribution in [0.5, 0.6) is 0 Å². The van der Waals surface area contributed by atoms with Gasteiger partial charge in [-0.2, -0.15) is 5.10 Å². The number of fused-ring (bicyclic) bond motifs is 1. The zero-order valence-electron chi connectivity index (χ0n) is 14.8. The number of hydrogen-bond acceptors (Lipinski definition) is 4. The lowest BCUT2D eigenvalue weighted by molar-refractivity contribution is -0.121. The number of benzene rings is 1. The zero-order valence-corrected chi connectivity index (χ0v) is 14.8. The maximum atomic E-state index is 12.2. The molecule has 3 rings (SSSR count). The minimum Gasteiger partial charge on any atom is -0.459 e. The van der Waals surface area contributed by atoms with Gasteiger partial charge in [0.05, 0.1) is 18.6 Å². The van der Waals surface area contributed by atoms with E-state index >= 15 is 0 Å². The van der Waals surface area contributed by atoms with Gasteiger partial charge in [0.25, 0.3) is 0 Å². The molecule has 2 aromatic heterocycles. The second-order valence-corrected chi connectivity index (χ2v) is 6.37. The summed E-state index contributed by atoms with van der Waals surface area (Å²) >= 11 is 0. The number of amides is 1. The molecule has 6 nitrogen and oxygen atoms in total. The van der Waals surface area contributed by atoms with Gasteiger partial charge >= 0.3 is 0 Å². The average molecular weight is 340 g/mol. The van der Waals surface area contributed by atoms with E-state index in [1.165, 1.54) is 0 Å². The van der Waals surface area contributed by atoms with Crippen LogP contribution in [-0.2, 0) is 4.79 Å². The third-order valence-electron chi connectivity index (χ3n) is 4.50. The van der Waals surface area contributed by atoms with Crippen LogP contribution in [0.15, 0.2) is 53.2 Å². The van der Waals surface area contributed by atoms with Gasteiger partial charge in [-0.25, -0.2) is 0 Å². The number of carbonyl (C=O) groups is 1. The quantitative estimate of drug-likeness (QED) is 0.693. The molecule has 25 heavy (non-hydrogen) atoms. The highest BCUT2D eigenvalue weighted by molar-refractivity contribution is 5.80. The Bertz CT molecular complexity index is 792. The van der Waals surface area contributed by atoms with Crippen molar-refractivity contribution in [1.29, 1.82) is 0 Å². The van der Waals surface area contributed by atoms with Gasteiger partial charge in [-0.1, -0.05) is 18.2 Å². The number of hydrogen-bond donors (Lipinski definition) is 2. The van der Waals surface area contributed by atoms with Gasteiger partial charge in [-0.15, -0.1) is 0 Å². The molecule has 2 heterocycles. The first-order valence-corrected chi connectivity index (χ1v) is 8.55. The van der Waals surface area contributed by atoms with Gasteiger partial charge in [0, 0.05) is 23.8 Å². The van der Waals surface area contributed by atoms with Crippen LogP contribution in [0.2, 0.25) is 0 Å². The molecule has 1 amide bonds. The van der Waals surface area contributed by atoms with Crippen LogP contribution in [0, 0.1) is 0 Å². The van der Waals surface area contributed by atoms with Crippen LogP contribution in [-0.4, -0.2) is 28.3 Å². The molecule has 0 bridgehead atoms. The molecule has 0 aliphatic carbocycles. The van der Waals surface area contributed by atoms with E-state index < -0.39 is 0 Å². The lowest BCUT2D eigenvalue weighted by atomic mass is 10.1. The number of nitrogens with one attached hydrogen (secondary N) is 2. The predicted molar refractivity (Wildman–Crippen MR) is 97.2 cm³/mol. The van der Waals surface area contributed by atoms with Crippen LogP contribution >= 0.6 is 0 Å². The lowest BCUT2D eigenvalue weighted by Crippen LogP contribution is -2.41. The van der Waals surface area contributed by atoms with Crippen molar-refractivity contribution in [2.75, 3.05) is 6.54 Å². The smallest absolute Gasteiger partial charge is 0.234 e. The molecule has 132 valence electrons. The van der Waals surface area contributed by atoms with Crippen molar-refractivity contribution in [2.45, 2.75) is 38.9 Å². The van der Waals surface area contributed by atoms with Crippen LogP contribution in [0.4, 0.5) is 0 Å². The maximum absolute atomic E-state index is 12.2. The Balaban J connectivity index is 1.51. The van der Waals surface area contributed by atoms with Crippen LogP contribution in [0.3, 0.4) is 0 Å². The average Bonchev–Trinajstić information content (AvgIpc) is 3.28. The summed E-state index contributed by atoms with van der Waals surface area (Å²) < 4.78 is 7.68. The van der Waals surface area contributed by atoms with E-state index in [1.807, 2.05) is 61.1 Å². The highest BCUT2D eigenvalue weighted by atomic mass is 16.3. The molecule has 0 aliphatic rings. The molecular formula is C19H24N4O2. The highest BCUT2D eigenvalue weighted by Gasteiger charge is 2.17. The third kappa shape index (κ3) is 4.09.